The van der Waals surface area contributed by atoms with Crippen molar-refractivity contribution in [2.24, 2.45) is 0 Å². The molecule has 0 aliphatic carbocycles. The summed E-state index contributed by atoms with van der Waals surface area (Å²) in [6.07, 6.45) is -8.35. The fraction of sp³-hybridized carbons (Fsp3) is 0.344. The van der Waals surface area contributed by atoms with Gasteiger partial charge in [-0.2, -0.15) is 26.3 Å². The normalized spacial score (nSPS) is 15.8. The second-order valence-corrected chi connectivity index (χ2v) is 10.5. The first-order valence-electron chi connectivity index (χ1n) is 13.6. The maximum atomic E-state index is 13.6. The minimum absolute atomic E-state index is 0.00710. The maximum absolute atomic E-state index is 13.6. The van der Waals surface area contributed by atoms with Gasteiger partial charge in [0.2, 0.25) is 0 Å². The zero-order chi connectivity index (χ0) is 32.2. The van der Waals surface area contributed by atoms with Gasteiger partial charge in [0.1, 0.15) is 5.69 Å². The predicted molar refractivity (Wildman–Crippen MR) is 150 cm³/mol. The summed E-state index contributed by atoms with van der Waals surface area (Å²) >= 11 is 0. The Labute approximate surface area is 250 Å². The largest absolute Gasteiger partial charge is 0.465 e. The molecule has 1 atom stereocenters. The molecule has 232 valence electrons. The molecule has 0 unspecified atom stereocenters. The maximum Gasteiger partial charge on any atom is 0.416 e. The highest BCUT2D eigenvalue weighted by molar-refractivity contribution is 5.95. The van der Waals surface area contributed by atoms with Crippen LogP contribution in [0.25, 0.3) is 0 Å². The highest BCUT2D eigenvalue weighted by Crippen LogP contribution is 2.37. The first-order valence-corrected chi connectivity index (χ1v) is 13.6. The smallest absolute Gasteiger partial charge is 0.416 e. The summed E-state index contributed by atoms with van der Waals surface area (Å²) in [5, 5.41) is 0. The second kappa shape index (κ2) is 13.1. The number of carbonyl (C=O) groups is 2. The summed E-state index contributed by atoms with van der Waals surface area (Å²) in [5.74, 6) is 4.31. The number of rotatable bonds is 5. The van der Waals surface area contributed by atoms with Gasteiger partial charge in [-0.1, -0.05) is 24.1 Å². The second-order valence-electron chi connectivity index (χ2n) is 10.5. The molecule has 12 heteroatoms. The Balaban J connectivity index is 1.63. The summed E-state index contributed by atoms with van der Waals surface area (Å²) in [7, 11) is 1.24. The van der Waals surface area contributed by atoms with Crippen LogP contribution in [0.3, 0.4) is 0 Å². The third-order valence-corrected chi connectivity index (χ3v) is 7.43. The van der Waals surface area contributed by atoms with E-state index in [1.165, 1.54) is 24.3 Å². The molecule has 1 aliphatic heterocycles. The predicted octanol–water partition coefficient (Wildman–Crippen LogP) is 5.94. The van der Waals surface area contributed by atoms with Gasteiger partial charge in [-0.05, 0) is 73.2 Å². The summed E-state index contributed by atoms with van der Waals surface area (Å²) in [6, 6.07) is 9.21. The molecule has 1 fully saturated rings. The molecule has 1 amide bonds. The number of aryl methyl sites for hydroxylation is 2. The third-order valence-electron chi connectivity index (χ3n) is 7.43. The van der Waals surface area contributed by atoms with Gasteiger partial charge in [0, 0.05) is 37.4 Å². The van der Waals surface area contributed by atoms with E-state index in [1.54, 1.807) is 6.07 Å². The molecule has 0 saturated carbocycles. The number of nitrogens with zero attached hydrogens (tertiary/aromatic N) is 3. The Morgan fingerprint density at radius 1 is 0.955 bits per heavy atom. The molecule has 2 aromatic carbocycles. The van der Waals surface area contributed by atoms with Crippen LogP contribution in [-0.4, -0.2) is 66.0 Å². The quantitative estimate of drug-likeness (QED) is 0.202. The highest BCUT2D eigenvalue weighted by Gasteiger charge is 2.39. The number of esters is 1. The molecule has 0 spiro atoms. The summed E-state index contributed by atoms with van der Waals surface area (Å²) in [6.45, 7) is 4.64. The van der Waals surface area contributed by atoms with Crippen molar-refractivity contribution in [2.45, 2.75) is 38.7 Å². The van der Waals surface area contributed by atoms with Crippen molar-refractivity contribution >= 4 is 11.9 Å². The molecule has 2 heterocycles. The van der Waals surface area contributed by atoms with E-state index in [1.807, 2.05) is 36.9 Å². The minimum Gasteiger partial charge on any atom is -0.465 e. The number of methoxy groups -OCH3 is 1. The van der Waals surface area contributed by atoms with Gasteiger partial charge in [0.25, 0.3) is 5.91 Å². The lowest BCUT2D eigenvalue weighted by atomic mass is 9.97. The number of halogens is 6. The SMILES string of the molecule is COC(=O)c1cccnc1C#CCN1CCN(C(=O)c2cc(C(F)(F)F)cc(C(F)(F)F)c2)[C@H](Cc2ccc(C)c(C)c2)C1. The van der Waals surface area contributed by atoms with Crippen LogP contribution in [0.1, 0.15) is 54.2 Å². The fourth-order valence-electron chi connectivity index (χ4n) is 4.97. The van der Waals surface area contributed by atoms with Crippen molar-refractivity contribution in [2.75, 3.05) is 33.3 Å². The van der Waals surface area contributed by atoms with E-state index in [0.29, 0.717) is 18.6 Å². The Kier molecular flexibility index (Phi) is 9.69. The van der Waals surface area contributed by atoms with Crippen LogP contribution >= 0.6 is 0 Å². The van der Waals surface area contributed by atoms with Gasteiger partial charge in [0.05, 0.1) is 30.3 Å². The standard InChI is InChI=1S/C32H29F6N3O3/c1-20-8-9-22(14-21(20)2)15-26-19-40(11-5-7-28-27(30(43)44-3)6-4-10-39-28)12-13-41(26)29(42)23-16-24(31(33,34)35)18-25(17-23)32(36,37)38/h4,6,8-10,14,16-18,26H,11-13,15,19H2,1-3H3/t26-/m1/s1. The van der Waals surface area contributed by atoms with Crippen molar-refractivity contribution in [1.29, 1.82) is 0 Å². The van der Waals surface area contributed by atoms with Crippen LogP contribution in [0.4, 0.5) is 26.3 Å². The lowest BCUT2D eigenvalue weighted by Crippen LogP contribution is -2.56. The average Bonchev–Trinajstić information content (AvgIpc) is 2.97. The van der Waals surface area contributed by atoms with Crippen LogP contribution in [-0.2, 0) is 23.5 Å². The number of pyridine rings is 1. The van der Waals surface area contributed by atoms with Crippen molar-refractivity contribution in [1.82, 2.24) is 14.8 Å². The Morgan fingerprint density at radius 3 is 2.25 bits per heavy atom. The lowest BCUT2D eigenvalue weighted by Gasteiger charge is -2.41. The molecule has 1 aliphatic rings. The van der Waals surface area contributed by atoms with Gasteiger partial charge in [-0.25, -0.2) is 9.78 Å². The topological polar surface area (TPSA) is 62.7 Å². The van der Waals surface area contributed by atoms with Gasteiger partial charge >= 0.3 is 18.3 Å². The van der Waals surface area contributed by atoms with Gasteiger partial charge < -0.3 is 9.64 Å². The third kappa shape index (κ3) is 7.77. The fourth-order valence-corrected chi connectivity index (χ4v) is 4.97. The Morgan fingerprint density at radius 2 is 1.64 bits per heavy atom. The Hall–Kier alpha value is -4.37. The highest BCUT2D eigenvalue weighted by atomic mass is 19.4. The zero-order valence-corrected chi connectivity index (χ0v) is 24.1. The number of hydrogen-bond donors (Lipinski definition) is 0. The van der Waals surface area contributed by atoms with Crippen molar-refractivity contribution in [3.63, 3.8) is 0 Å². The van der Waals surface area contributed by atoms with E-state index in [4.69, 9.17) is 4.74 Å². The number of ether oxygens (including phenoxy) is 1. The van der Waals surface area contributed by atoms with Gasteiger partial charge in [-0.3, -0.25) is 9.69 Å². The van der Waals surface area contributed by atoms with Crippen molar-refractivity contribution in [3.05, 3.63) is 99.4 Å². The molecule has 4 rings (SSSR count). The molecule has 3 aromatic rings. The average molecular weight is 618 g/mol. The number of alkyl halides is 6. The van der Waals surface area contributed by atoms with Crippen LogP contribution < -0.4 is 0 Å². The van der Waals surface area contributed by atoms with Gasteiger partial charge in [0.15, 0.2) is 0 Å². The van der Waals surface area contributed by atoms with E-state index < -0.39 is 47.0 Å². The van der Waals surface area contributed by atoms with Crippen molar-refractivity contribution in [3.8, 4) is 11.8 Å². The summed E-state index contributed by atoms with van der Waals surface area (Å²) in [4.78, 5) is 33.0. The van der Waals surface area contributed by atoms with Crippen molar-refractivity contribution < 1.29 is 40.7 Å². The molecular weight excluding hydrogens is 588 g/mol. The molecule has 44 heavy (non-hydrogen) atoms. The van der Waals surface area contributed by atoms with E-state index in [-0.39, 0.29) is 43.5 Å². The molecule has 0 bridgehead atoms. The molecule has 0 radical (unpaired) electrons. The number of amides is 1. The molecule has 1 saturated heterocycles. The van der Waals surface area contributed by atoms with E-state index in [0.717, 1.165) is 16.7 Å². The first kappa shape index (κ1) is 32.5. The van der Waals surface area contributed by atoms with Gasteiger partial charge in [-0.15, -0.1) is 0 Å². The lowest BCUT2D eigenvalue weighted by molar-refractivity contribution is -0.143. The summed E-state index contributed by atoms with van der Waals surface area (Å²) in [5.41, 5.74) is -0.437. The number of aromatic nitrogens is 1. The first-order chi connectivity index (χ1) is 20.7. The van der Waals surface area contributed by atoms with Crippen LogP contribution in [0.2, 0.25) is 0 Å². The number of hydrogen-bond acceptors (Lipinski definition) is 5. The van der Waals surface area contributed by atoms with E-state index >= 15 is 0 Å². The zero-order valence-electron chi connectivity index (χ0n) is 24.1. The number of carbonyl (C=O) groups excluding carboxylic acids is 2. The van der Waals surface area contributed by atoms with E-state index in [2.05, 4.69) is 16.8 Å². The molecular formula is C32H29F6N3O3. The Bertz CT molecular complexity index is 1570. The van der Waals surface area contributed by atoms with Crippen LogP contribution in [0.15, 0.2) is 54.7 Å². The van der Waals surface area contributed by atoms with Crippen LogP contribution in [0, 0.1) is 25.7 Å². The van der Waals surface area contributed by atoms with Crippen LogP contribution in [0.5, 0.6) is 0 Å². The molecule has 1 aromatic heterocycles. The minimum atomic E-state index is -5.08. The summed E-state index contributed by atoms with van der Waals surface area (Å²) < 4.78 is 85.9. The monoisotopic (exact) mass is 617 g/mol. The molecule has 0 N–H and O–H groups in total. The number of benzene rings is 2. The van der Waals surface area contributed by atoms with E-state index in [9.17, 15) is 35.9 Å². The number of piperazine rings is 1. The molecule has 6 nitrogen and oxygen atoms in total.